The van der Waals surface area contributed by atoms with E-state index in [2.05, 4.69) is 17.1 Å². The molecule has 1 atom stereocenters. The quantitative estimate of drug-likeness (QED) is 0.707. The lowest BCUT2D eigenvalue weighted by atomic mass is 9.87. The van der Waals surface area contributed by atoms with E-state index in [4.69, 9.17) is 9.47 Å². The fraction of sp³-hybridized carbons (Fsp3) is 0.478. The Morgan fingerprint density at radius 2 is 2.00 bits per heavy atom. The molecular weight excluding hydrogens is 400 g/mol. The minimum atomic E-state index is -0.416. The number of benzene rings is 1. The Hall–Kier alpha value is -2.38. The summed E-state index contributed by atoms with van der Waals surface area (Å²) in [5, 5.41) is 2.79. The van der Waals surface area contributed by atoms with Crippen LogP contribution in [-0.2, 0) is 27.1 Å². The second-order valence-electron chi connectivity index (χ2n) is 7.85. The van der Waals surface area contributed by atoms with E-state index in [0.29, 0.717) is 16.5 Å². The van der Waals surface area contributed by atoms with Crippen LogP contribution in [0, 0.1) is 5.92 Å². The summed E-state index contributed by atoms with van der Waals surface area (Å²) >= 11 is 1.51. The van der Waals surface area contributed by atoms with Crippen LogP contribution < -0.4 is 10.2 Å². The molecule has 0 radical (unpaired) electrons. The first kappa shape index (κ1) is 20.9. The maximum atomic E-state index is 12.4. The van der Waals surface area contributed by atoms with Crippen LogP contribution in [0.15, 0.2) is 30.3 Å². The van der Waals surface area contributed by atoms with Gasteiger partial charge < -0.3 is 19.7 Å². The molecule has 4 rings (SSSR count). The van der Waals surface area contributed by atoms with Crippen molar-refractivity contribution in [1.82, 2.24) is 0 Å². The smallest absolute Gasteiger partial charge is 0.348 e. The van der Waals surface area contributed by atoms with Crippen LogP contribution in [0.2, 0.25) is 0 Å². The van der Waals surface area contributed by atoms with Gasteiger partial charge in [-0.25, -0.2) is 4.79 Å². The van der Waals surface area contributed by atoms with E-state index < -0.39 is 5.97 Å². The Bertz CT molecular complexity index is 887. The second-order valence-corrected chi connectivity index (χ2v) is 8.98. The first-order chi connectivity index (χ1) is 14.6. The molecule has 7 heteroatoms. The van der Waals surface area contributed by atoms with Gasteiger partial charge in [0.2, 0.25) is 0 Å². The van der Waals surface area contributed by atoms with Crippen molar-refractivity contribution in [3.63, 3.8) is 0 Å². The molecule has 30 heavy (non-hydrogen) atoms. The summed E-state index contributed by atoms with van der Waals surface area (Å²) in [5.41, 5.74) is 3.06. The topological polar surface area (TPSA) is 67.9 Å². The van der Waals surface area contributed by atoms with Crippen LogP contribution in [0.5, 0.6) is 0 Å². The fourth-order valence-corrected chi connectivity index (χ4v) is 5.13. The maximum Gasteiger partial charge on any atom is 0.348 e. The molecule has 0 spiro atoms. The van der Waals surface area contributed by atoms with Crippen LogP contribution in [-0.4, -0.2) is 44.8 Å². The Kier molecular flexibility index (Phi) is 6.69. The molecule has 1 fully saturated rings. The third kappa shape index (κ3) is 5.02. The Morgan fingerprint density at radius 1 is 1.23 bits per heavy atom. The number of hydrogen-bond donors (Lipinski definition) is 1. The van der Waals surface area contributed by atoms with Gasteiger partial charge in [-0.3, -0.25) is 4.79 Å². The minimum Gasteiger partial charge on any atom is -0.451 e. The van der Waals surface area contributed by atoms with Gasteiger partial charge in [-0.15, -0.1) is 11.3 Å². The molecule has 1 unspecified atom stereocenters. The summed E-state index contributed by atoms with van der Waals surface area (Å²) in [6.45, 7) is 5.13. The van der Waals surface area contributed by atoms with Gasteiger partial charge in [0.15, 0.2) is 6.61 Å². The lowest BCUT2D eigenvalue weighted by molar-refractivity contribution is -0.119. The molecular formula is C23H28N2O4S. The number of carbonyl (C=O) groups excluding carboxylic acids is 2. The molecule has 2 aromatic rings. The zero-order chi connectivity index (χ0) is 20.9. The number of hydrogen-bond acceptors (Lipinski definition) is 6. The standard InChI is InChI=1S/C23H28N2O4S/c1-2-16-3-8-20-17(13-16)14-21(30-20)23(27)29-15-22(26)24-18-4-6-19(7-5-18)25-9-11-28-12-10-25/h4-7,14,16H,2-3,8-13,15H2,1H3,(H,24,26). The number of carbonyl (C=O) groups is 2. The lowest BCUT2D eigenvalue weighted by Crippen LogP contribution is -2.36. The van der Waals surface area contributed by atoms with Gasteiger partial charge in [0.05, 0.1) is 13.2 Å². The molecule has 0 saturated carbocycles. The molecule has 2 heterocycles. The summed E-state index contributed by atoms with van der Waals surface area (Å²) < 4.78 is 10.6. The number of nitrogens with one attached hydrogen (secondary N) is 1. The fourth-order valence-electron chi connectivity index (χ4n) is 4.02. The Labute approximate surface area is 181 Å². The molecule has 160 valence electrons. The van der Waals surface area contributed by atoms with Crippen LogP contribution in [0.4, 0.5) is 11.4 Å². The molecule has 2 aliphatic rings. The molecule has 1 aromatic carbocycles. The van der Waals surface area contributed by atoms with E-state index >= 15 is 0 Å². The molecule has 1 aliphatic carbocycles. The van der Waals surface area contributed by atoms with Gasteiger partial charge in [0.1, 0.15) is 4.88 Å². The molecule has 1 amide bonds. The van der Waals surface area contributed by atoms with Gasteiger partial charge in [0.25, 0.3) is 5.91 Å². The first-order valence-corrected chi connectivity index (χ1v) is 11.5. The third-order valence-corrected chi connectivity index (χ3v) is 7.04. The van der Waals surface area contributed by atoms with Gasteiger partial charge in [-0.05, 0) is 61.1 Å². The summed E-state index contributed by atoms with van der Waals surface area (Å²) in [4.78, 5) is 28.7. The number of amides is 1. The number of rotatable bonds is 6. The predicted octanol–water partition coefficient (Wildman–Crippen LogP) is 3.90. The Morgan fingerprint density at radius 3 is 2.73 bits per heavy atom. The first-order valence-electron chi connectivity index (χ1n) is 10.6. The van der Waals surface area contributed by atoms with Crippen molar-refractivity contribution in [1.29, 1.82) is 0 Å². The van der Waals surface area contributed by atoms with E-state index in [1.165, 1.54) is 34.6 Å². The van der Waals surface area contributed by atoms with Crippen molar-refractivity contribution in [2.75, 3.05) is 43.1 Å². The SMILES string of the molecule is CCC1CCc2sc(C(=O)OCC(=O)Nc3ccc(N4CCOCC4)cc3)cc2C1. The number of esters is 1. The van der Waals surface area contributed by atoms with Gasteiger partial charge in [-0.2, -0.15) is 0 Å². The highest BCUT2D eigenvalue weighted by Gasteiger charge is 2.23. The summed E-state index contributed by atoms with van der Waals surface area (Å²) in [6.07, 6.45) is 4.43. The molecule has 6 nitrogen and oxygen atoms in total. The third-order valence-electron chi connectivity index (χ3n) is 5.83. The highest BCUT2D eigenvalue weighted by atomic mass is 32.1. The lowest BCUT2D eigenvalue weighted by Gasteiger charge is -2.28. The van der Waals surface area contributed by atoms with Crippen LogP contribution in [0.25, 0.3) is 0 Å². The van der Waals surface area contributed by atoms with Crippen molar-refractivity contribution < 1.29 is 19.1 Å². The van der Waals surface area contributed by atoms with Gasteiger partial charge in [0, 0.05) is 29.3 Å². The Balaban J connectivity index is 1.26. The summed E-state index contributed by atoms with van der Waals surface area (Å²) in [7, 11) is 0. The van der Waals surface area contributed by atoms with Crippen LogP contribution in [0.1, 0.15) is 39.9 Å². The van der Waals surface area contributed by atoms with E-state index in [1.807, 2.05) is 30.3 Å². The average molecular weight is 429 g/mol. The molecule has 1 aliphatic heterocycles. The normalized spacial score (nSPS) is 18.6. The van der Waals surface area contributed by atoms with Crippen molar-refractivity contribution in [3.8, 4) is 0 Å². The van der Waals surface area contributed by atoms with E-state index in [-0.39, 0.29) is 12.5 Å². The largest absolute Gasteiger partial charge is 0.451 e. The van der Waals surface area contributed by atoms with E-state index in [1.54, 1.807) is 0 Å². The van der Waals surface area contributed by atoms with Crippen molar-refractivity contribution in [2.24, 2.45) is 5.92 Å². The van der Waals surface area contributed by atoms with E-state index in [9.17, 15) is 9.59 Å². The highest BCUT2D eigenvalue weighted by molar-refractivity contribution is 7.14. The van der Waals surface area contributed by atoms with Crippen molar-refractivity contribution >= 4 is 34.6 Å². The molecule has 0 bridgehead atoms. The molecule has 1 saturated heterocycles. The number of morpholine rings is 1. The molecule has 1 N–H and O–H groups in total. The van der Waals surface area contributed by atoms with Gasteiger partial charge in [-0.1, -0.05) is 13.3 Å². The monoisotopic (exact) mass is 428 g/mol. The second kappa shape index (κ2) is 9.62. The highest BCUT2D eigenvalue weighted by Crippen LogP contribution is 2.33. The average Bonchev–Trinajstić information content (AvgIpc) is 3.22. The van der Waals surface area contributed by atoms with E-state index in [0.717, 1.165) is 44.8 Å². The number of ether oxygens (including phenoxy) is 2. The maximum absolute atomic E-state index is 12.4. The number of fused-ring (bicyclic) bond motifs is 1. The van der Waals surface area contributed by atoms with Gasteiger partial charge >= 0.3 is 5.97 Å². The number of anilines is 2. The molecule has 1 aromatic heterocycles. The van der Waals surface area contributed by atoms with Crippen molar-refractivity contribution in [3.05, 3.63) is 45.6 Å². The number of aryl methyl sites for hydroxylation is 1. The number of thiophene rings is 1. The summed E-state index contributed by atoms with van der Waals surface area (Å²) in [5.74, 6) is -0.0496. The van der Waals surface area contributed by atoms with Crippen LogP contribution in [0.3, 0.4) is 0 Å². The zero-order valence-corrected chi connectivity index (χ0v) is 18.1. The zero-order valence-electron chi connectivity index (χ0n) is 17.3. The minimum absolute atomic E-state index is 0.287. The predicted molar refractivity (Wildman–Crippen MR) is 119 cm³/mol. The number of nitrogens with zero attached hydrogens (tertiary/aromatic N) is 1. The van der Waals surface area contributed by atoms with Crippen molar-refractivity contribution in [2.45, 2.75) is 32.6 Å². The van der Waals surface area contributed by atoms with Crippen LogP contribution >= 0.6 is 11.3 Å². The summed E-state index contributed by atoms with van der Waals surface area (Å²) in [6, 6.07) is 9.63.